The summed E-state index contributed by atoms with van der Waals surface area (Å²) in [5.41, 5.74) is 8.33. The summed E-state index contributed by atoms with van der Waals surface area (Å²) in [4.78, 5) is 15.7. The van der Waals surface area contributed by atoms with E-state index in [1.807, 2.05) is 12.1 Å². The highest BCUT2D eigenvalue weighted by atomic mass is 16.3. The number of aliphatic hydroxyl groups excluding tert-OH is 1. The number of carbonyl (C=O) groups excluding carboxylic acids is 1. The van der Waals surface area contributed by atoms with Crippen molar-refractivity contribution in [2.24, 2.45) is 5.92 Å². The van der Waals surface area contributed by atoms with Crippen molar-refractivity contribution < 1.29 is 9.90 Å². The summed E-state index contributed by atoms with van der Waals surface area (Å²) in [6, 6.07) is 5.49. The van der Waals surface area contributed by atoms with Crippen molar-refractivity contribution >= 4 is 17.3 Å². The molecule has 0 spiro atoms. The van der Waals surface area contributed by atoms with Gasteiger partial charge in [0.15, 0.2) is 0 Å². The zero-order valence-electron chi connectivity index (χ0n) is 12.2. The van der Waals surface area contributed by atoms with Crippen LogP contribution in [0.3, 0.4) is 0 Å². The van der Waals surface area contributed by atoms with Gasteiger partial charge >= 0.3 is 0 Å². The van der Waals surface area contributed by atoms with Gasteiger partial charge < -0.3 is 20.6 Å². The van der Waals surface area contributed by atoms with E-state index < -0.39 is 0 Å². The van der Waals surface area contributed by atoms with Crippen LogP contribution in [0.15, 0.2) is 18.2 Å². The van der Waals surface area contributed by atoms with Crippen LogP contribution in [0.5, 0.6) is 0 Å². The smallest absolute Gasteiger partial charge is 0.253 e. The van der Waals surface area contributed by atoms with Crippen LogP contribution in [0.25, 0.3) is 0 Å². The molecule has 2 rings (SSSR count). The second-order valence-corrected chi connectivity index (χ2v) is 5.59. The molecule has 20 heavy (non-hydrogen) atoms. The van der Waals surface area contributed by atoms with E-state index in [2.05, 4.69) is 4.90 Å². The van der Waals surface area contributed by atoms with Crippen LogP contribution in [0, 0.1) is 5.92 Å². The third kappa shape index (κ3) is 3.04. The lowest BCUT2D eigenvalue weighted by Gasteiger charge is -2.33. The summed E-state index contributed by atoms with van der Waals surface area (Å²) in [5.74, 6) is 0.365. The van der Waals surface area contributed by atoms with E-state index in [9.17, 15) is 4.79 Å². The maximum absolute atomic E-state index is 11.9. The van der Waals surface area contributed by atoms with E-state index >= 15 is 0 Å². The minimum absolute atomic E-state index is 0.0396. The van der Waals surface area contributed by atoms with Gasteiger partial charge in [0.25, 0.3) is 5.91 Å². The fourth-order valence-corrected chi connectivity index (χ4v) is 2.59. The molecule has 5 nitrogen and oxygen atoms in total. The summed E-state index contributed by atoms with van der Waals surface area (Å²) in [5, 5.41) is 9.17. The first-order chi connectivity index (χ1) is 9.52. The number of aliphatic hydroxyl groups is 1. The third-order valence-electron chi connectivity index (χ3n) is 3.89. The summed E-state index contributed by atoms with van der Waals surface area (Å²) < 4.78 is 0. The molecule has 0 saturated carbocycles. The fraction of sp³-hybridized carbons (Fsp3) is 0.533. The Hall–Kier alpha value is -1.75. The molecule has 3 N–H and O–H groups in total. The minimum atomic E-state index is -0.0396. The number of hydrogen-bond acceptors (Lipinski definition) is 4. The molecule has 110 valence electrons. The average Bonchev–Trinajstić information content (AvgIpc) is 2.46. The predicted molar refractivity (Wildman–Crippen MR) is 80.9 cm³/mol. The van der Waals surface area contributed by atoms with E-state index in [4.69, 9.17) is 10.8 Å². The average molecular weight is 277 g/mol. The highest BCUT2D eigenvalue weighted by molar-refractivity contribution is 5.95. The summed E-state index contributed by atoms with van der Waals surface area (Å²) in [6.07, 6.45) is 1.96. The van der Waals surface area contributed by atoms with Crippen LogP contribution >= 0.6 is 0 Å². The van der Waals surface area contributed by atoms with Gasteiger partial charge in [-0.05, 0) is 37.0 Å². The Bertz CT molecular complexity index is 480. The fourth-order valence-electron chi connectivity index (χ4n) is 2.59. The largest absolute Gasteiger partial charge is 0.397 e. The molecular formula is C15H23N3O2. The van der Waals surface area contributed by atoms with Crippen LogP contribution in [0.1, 0.15) is 23.2 Å². The monoisotopic (exact) mass is 277 g/mol. The van der Waals surface area contributed by atoms with E-state index in [0.717, 1.165) is 31.6 Å². The van der Waals surface area contributed by atoms with Gasteiger partial charge in [-0.3, -0.25) is 4.79 Å². The molecule has 1 heterocycles. The normalized spacial score (nSPS) is 16.2. The van der Waals surface area contributed by atoms with Crippen molar-refractivity contribution in [3.63, 3.8) is 0 Å². The summed E-state index contributed by atoms with van der Waals surface area (Å²) in [6.45, 7) is 2.06. The van der Waals surface area contributed by atoms with Crippen LogP contribution in [-0.2, 0) is 0 Å². The summed E-state index contributed by atoms with van der Waals surface area (Å²) >= 11 is 0. The van der Waals surface area contributed by atoms with E-state index in [1.54, 1.807) is 25.1 Å². The van der Waals surface area contributed by atoms with Crippen molar-refractivity contribution in [2.75, 3.05) is 44.4 Å². The topological polar surface area (TPSA) is 69.8 Å². The molecule has 0 unspecified atom stereocenters. The van der Waals surface area contributed by atoms with Crippen LogP contribution < -0.4 is 10.6 Å². The zero-order valence-corrected chi connectivity index (χ0v) is 12.2. The van der Waals surface area contributed by atoms with Crippen LogP contribution in [0.4, 0.5) is 11.4 Å². The number of anilines is 2. The van der Waals surface area contributed by atoms with Crippen LogP contribution in [-0.4, -0.2) is 49.7 Å². The van der Waals surface area contributed by atoms with Crippen molar-refractivity contribution in [1.82, 2.24) is 4.90 Å². The molecule has 1 aliphatic rings. The van der Waals surface area contributed by atoms with Gasteiger partial charge in [0, 0.05) is 39.4 Å². The highest BCUT2D eigenvalue weighted by Gasteiger charge is 2.20. The van der Waals surface area contributed by atoms with Gasteiger partial charge in [-0.2, -0.15) is 0 Å². The maximum atomic E-state index is 11.9. The Labute approximate surface area is 120 Å². The Balaban J connectivity index is 2.12. The molecule has 0 aliphatic carbocycles. The number of nitrogen functional groups attached to an aromatic ring is 1. The lowest BCUT2D eigenvalue weighted by atomic mass is 9.97. The highest BCUT2D eigenvalue weighted by Crippen LogP contribution is 2.29. The van der Waals surface area contributed by atoms with Crippen molar-refractivity contribution in [3.8, 4) is 0 Å². The first-order valence-electron chi connectivity index (χ1n) is 7.00. The van der Waals surface area contributed by atoms with Gasteiger partial charge in [-0.25, -0.2) is 0 Å². The van der Waals surface area contributed by atoms with E-state index in [0.29, 0.717) is 17.2 Å². The van der Waals surface area contributed by atoms with Gasteiger partial charge in [0.2, 0.25) is 0 Å². The molecule has 0 aromatic heterocycles. The van der Waals surface area contributed by atoms with E-state index in [-0.39, 0.29) is 12.5 Å². The Morgan fingerprint density at radius 3 is 2.55 bits per heavy atom. The molecule has 5 heteroatoms. The number of hydrogen-bond donors (Lipinski definition) is 2. The van der Waals surface area contributed by atoms with Crippen molar-refractivity contribution in [1.29, 1.82) is 0 Å². The number of rotatable bonds is 3. The SMILES string of the molecule is CN(C)C(=O)c1ccc(N2CCC(CO)CC2)c(N)c1. The lowest BCUT2D eigenvalue weighted by molar-refractivity contribution is 0.0827. The number of carbonyl (C=O) groups is 1. The number of nitrogens with zero attached hydrogens (tertiary/aromatic N) is 2. The first-order valence-corrected chi connectivity index (χ1v) is 7.00. The van der Waals surface area contributed by atoms with Gasteiger partial charge in [-0.15, -0.1) is 0 Å². The molecule has 1 aromatic rings. The Kier molecular flexibility index (Phi) is 4.49. The summed E-state index contributed by atoms with van der Waals surface area (Å²) in [7, 11) is 3.46. The predicted octanol–water partition coefficient (Wildman–Crippen LogP) is 1.18. The number of benzene rings is 1. The zero-order chi connectivity index (χ0) is 14.7. The molecule has 1 aromatic carbocycles. The molecule has 0 atom stereocenters. The second kappa shape index (κ2) is 6.13. The van der Waals surface area contributed by atoms with Gasteiger partial charge in [-0.1, -0.05) is 0 Å². The van der Waals surface area contributed by atoms with Gasteiger partial charge in [0.05, 0.1) is 11.4 Å². The Morgan fingerprint density at radius 1 is 1.40 bits per heavy atom. The van der Waals surface area contributed by atoms with Crippen molar-refractivity contribution in [2.45, 2.75) is 12.8 Å². The van der Waals surface area contributed by atoms with Crippen molar-refractivity contribution in [3.05, 3.63) is 23.8 Å². The molecule has 1 saturated heterocycles. The molecule has 1 aliphatic heterocycles. The third-order valence-corrected chi connectivity index (χ3v) is 3.89. The molecule has 0 bridgehead atoms. The van der Waals surface area contributed by atoms with E-state index in [1.165, 1.54) is 0 Å². The quantitative estimate of drug-likeness (QED) is 0.814. The van der Waals surface area contributed by atoms with Gasteiger partial charge in [0.1, 0.15) is 0 Å². The molecular weight excluding hydrogens is 254 g/mol. The lowest BCUT2D eigenvalue weighted by Crippen LogP contribution is -2.35. The first kappa shape index (κ1) is 14.7. The van der Waals surface area contributed by atoms with Crippen LogP contribution in [0.2, 0.25) is 0 Å². The minimum Gasteiger partial charge on any atom is -0.397 e. The Morgan fingerprint density at radius 2 is 2.05 bits per heavy atom. The number of nitrogens with two attached hydrogens (primary N) is 1. The number of amides is 1. The molecule has 0 radical (unpaired) electrons. The molecule has 1 fully saturated rings. The second-order valence-electron chi connectivity index (χ2n) is 5.59. The standard InChI is InChI=1S/C15H23N3O2/c1-17(2)15(20)12-3-4-14(13(16)9-12)18-7-5-11(10-19)6-8-18/h3-4,9,11,19H,5-8,10,16H2,1-2H3. The maximum Gasteiger partial charge on any atom is 0.253 e. The molecule has 1 amide bonds. The number of piperidine rings is 1.